The largest absolute Gasteiger partial charge is 0.481 e. The predicted molar refractivity (Wildman–Crippen MR) is 122 cm³/mol. The van der Waals surface area contributed by atoms with Crippen molar-refractivity contribution in [2.75, 3.05) is 6.61 Å². The third kappa shape index (κ3) is 3.92. The van der Waals surface area contributed by atoms with Crippen molar-refractivity contribution in [2.45, 2.75) is 49.5 Å². The molecule has 2 fully saturated rings. The van der Waals surface area contributed by atoms with Crippen molar-refractivity contribution in [3.05, 3.63) is 76.6 Å². The Morgan fingerprint density at radius 2 is 1.65 bits per heavy atom. The molecule has 0 bridgehead atoms. The normalized spacial score (nSPS) is 25.9. The second-order valence-corrected chi connectivity index (χ2v) is 9.76. The molecule has 2 saturated carbocycles. The number of hydrogen-bond acceptors (Lipinski definition) is 4. The van der Waals surface area contributed by atoms with E-state index in [2.05, 4.69) is 17.5 Å². The average Bonchev–Trinajstić information content (AvgIpc) is 3.52. The summed E-state index contributed by atoms with van der Waals surface area (Å²) in [5, 5.41) is 13.3. The van der Waals surface area contributed by atoms with Gasteiger partial charge in [-0.05, 0) is 50.0 Å². The molecule has 2 aromatic carbocycles. The van der Waals surface area contributed by atoms with Crippen LogP contribution in [0.15, 0.2) is 66.0 Å². The molecule has 1 aromatic heterocycles. The van der Waals surface area contributed by atoms with Crippen molar-refractivity contribution in [1.82, 2.24) is 4.98 Å². The molecule has 0 spiro atoms. The van der Waals surface area contributed by atoms with Crippen LogP contribution in [0, 0.1) is 5.92 Å². The maximum atomic E-state index is 12.4. The molecule has 0 unspecified atom stereocenters. The first kappa shape index (κ1) is 20.4. The van der Waals surface area contributed by atoms with Gasteiger partial charge in [0, 0.05) is 10.9 Å². The fourth-order valence-electron chi connectivity index (χ4n) is 4.67. The summed E-state index contributed by atoms with van der Waals surface area (Å²) < 4.78 is 6.59. The first-order valence-electron chi connectivity index (χ1n) is 11.1. The van der Waals surface area contributed by atoms with Crippen LogP contribution in [0.5, 0.6) is 0 Å². The van der Waals surface area contributed by atoms with Gasteiger partial charge in [-0.3, -0.25) is 4.79 Å². The van der Waals surface area contributed by atoms with Crippen molar-refractivity contribution in [2.24, 2.45) is 5.92 Å². The van der Waals surface area contributed by atoms with Crippen molar-refractivity contribution >= 4 is 17.3 Å². The Morgan fingerprint density at radius 1 is 1.00 bits per heavy atom. The number of rotatable bonds is 7. The summed E-state index contributed by atoms with van der Waals surface area (Å²) in [6.07, 6.45) is 4.90. The molecule has 3 aromatic rings. The van der Waals surface area contributed by atoms with Crippen LogP contribution in [0.4, 0.5) is 0 Å². The lowest BCUT2D eigenvalue weighted by Crippen LogP contribution is -2.46. The molecule has 0 atom stereocenters. The van der Waals surface area contributed by atoms with Gasteiger partial charge < -0.3 is 9.84 Å². The highest BCUT2D eigenvalue weighted by atomic mass is 32.1. The lowest BCUT2D eigenvalue weighted by molar-refractivity contribution is -0.151. The summed E-state index contributed by atoms with van der Waals surface area (Å²) in [5.74, 6) is -0.0932. The smallest absolute Gasteiger partial charge is 0.314 e. The molecule has 5 heteroatoms. The molecular weight excluding hydrogens is 406 g/mol. The molecule has 0 saturated heterocycles. The van der Waals surface area contributed by atoms with Gasteiger partial charge in [-0.25, -0.2) is 4.98 Å². The Bertz CT molecular complexity index is 1030. The third-order valence-corrected chi connectivity index (χ3v) is 7.93. The van der Waals surface area contributed by atoms with E-state index in [4.69, 9.17) is 9.72 Å². The van der Waals surface area contributed by atoms with Gasteiger partial charge in [-0.1, -0.05) is 60.7 Å². The highest BCUT2D eigenvalue weighted by Crippen LogP contribution is 2.51. The van der Waals surface area contributed by atoms with Gasteiger partial charge in [0.2, 0.25) is 0 Å². The minimum atomic E-state index is -0.854. The quantitative estimate of drug-likeness (QED) is 0.494. The van der Waals surface area contributed by atoms with Gasteiger partial charge >= 0.3 is 5.97 Å². The molecule has 0 aliphatic heterocycles. The number of ether oxygens (including phenoxy) is 1. The molecule has 1 heterocycles. The maximum Gasteiger partial charge on any atom is 0.314 e. The summed E-state index contributed by atoms with van der Waals surface area (Å²) in [6.45, 7) is 0.742. The zero-order valence-electron chi connectivity index (χ0n) is 17.5. The maximum absolute atomic E-state index is 12.4. The van der Waals surface area contributed by atoms with Crippen molar-refractivity contribution in [1.29, 1.82) is 0 Å². The summed E-state index contributed by atoms with van der Waals surface area (Å²) in [5.41, 5.74) is 1.61. The highest BCUT2D eigenvalue weighted by Gasteiger charge is 2.51. The molecule has 31 heavy (non-hydrogen) atoms. The Balaban J connectivity index is 1.45. The molecule has 1 N–H and O–H groups in total. The topological polar surface area (TPSA) is 59.4 Å². The van der Waals surface area contributed by atoms with Gasteiger partial charge in [0.25, 0.3) is 0 Å². The molecule has 5 rings (SSSR count). The third-order valence-electron chi connectivity index (χ3n) is 6.90. The monoisotopic (exact) mass is 433 g/mol. The van der Waals surface area contributed by atoms with E-state index in [-0.39, 0.29) is 0 Å². The number of aliphatic carboxylic acids is 1. The summed E-state index contributed by atoms with van der Waals surface area (Å²) in [6, 6.07) is 19.9. The van der Waals surface area contributed by atoms with Crippen LogP contribution in [0.2, 0.25) is 0 Å². The Hall–Kier alpha value is -2.50. The number of carboxylic acid groups (broad SMARTS) is 1. The molecule has 4 nitrogen and oxygen atoms in total. The Kier molecular flexibility index (Phi) is 5.40. The van der Waals surface area contributed by atoms with Gasteiger partial charge in [0.05, 0.1) is 17.7 Å². The molecule has 2 aliphatic rings. The summed E-state index contributed by atoms with van der Waals surface area (Å²) >= 11 is 1.64. The van der Waals surface area contributed by atoms with Crippen LogP contribution in [0.1, 0.15) is 49.1 Å². The second kappa shape index (κ2) is 8.21. The number of hydrogen-bond donors (Lipinski definition) is 1. The fourth-order valence-corrected chi connectivity index (χ4v) is 5.71. The van der Waals surface area contributed by atoms with Crippen LogP contribution in [0.3, 0.4) is 0 Å². The van der Waals surface area contributed by atoms with E-state index in [0.29, 0.717) is 31.6 Å². The minimum absolute atomic E-state index is 0.492. The van der Waals surface area contributed by atoms with Crippen LogP contribution in [-0.4, -0.2) is 22.7 Å². The predicted octanol–water partition coefficient (Wildman–Crippen LogP) is 6.03. The number of nitrogens with zero attached hydrogens (tertiary/aromatic N) is 1. The lowest BCUT2D eigenvalue weighted by atomic mass is 9.65. The van der Waals surface area contributed by atoms with Crippen LogP contribution in [-0.2, 0) is 20.5 Å². The van der Waals surface area contributed by atoms with E-state index in [1.807, 2.05) is 48.5 Å². The number of aromatic nitrogens is 1. The number of carbonyl (C=O) groups is 1. The molecule has 160 valence electrons. The van der Waals surface area contributed by atoms with E-state index in [0.717, 1.165) is 28.4 Å². The number of benzene rings is 2. The standard InChI is InChI=1S/C26H27NO3S/c28-24(29)25(21-9-5-2-6-10-21)13-15-26(16-14-25,30-17-19-11-12-19)23-27-22(18-31-23)20-7-3-1-4-8-20/h1-10,18-19H,11-17H2,(H,28,29). The van der Waals surface area contributed by atoms with Crippen LogP contribution >= 0.6 is 11.3 Å². The number of thiazole rings is 1. The summed E-state index contributed by atoms with van der Waals surface area (Å²) in [7, 11) is 0. The van der Waals surface area contributed by atoms with Crippen LogP contribution in [0.25, 0.3) is 11.3 Å². The number of carboxylic acids is 1. The van der Waals surface area contributed by atoms with Gasteiger partial charge in [0.1, 0.15) is 10.6 Å². The Morgan fingerprint density at radius 3 is 2.26 bits per heavy atom. The van der Waals surface area contributed by atoms with Crippen molar-refractivity contribution in [3.63, 3.8) is 0 Å². The first-order chi connectivity index (χ1) is 15.1. The average molecular weight is 434 g/mol. The van der Waals surface area contributed by atoms with Crippen molar-refractivity contribution in [3.8, 4) is 11.3 Å². The molecule has 0 radical (unpaired) electrons. The van der Waals surface area contributed by atoms with E-state index >= 15 is 0 Å². The second-order valence-electron chi connectivity index (χ2n) is 8.91. The highest BCUT2D eigenvalue weighted by molar-refractivity contribution is 7.10. The van der Waals surface area contributed by atoms with Gasteiger partial charge in [0.15, 0.2) is 0 Å². The minimum Gasteiger partial charge on any atom is -0.481 e. The first-order valence-corrected chi connectivity index (χ1v) is 11.9. The van der Waals surface area contributed by atoms with Gasteiger partial charge in [-0.2, -0.15) is 0 Å². The molecule has 0 amide bonds. The summed E-state index contributed by atoms with van der Waals surface area (Å²) in [4.78, 5) is 17.4. The Labute approximate surface area is 186 Å². The van der Waals surface area contributed by atoms with Crippen molar-refractivity contribution < 1.29 is 14.6 Å². The van der Waals surface area contributed by atoms with E-state index in [9.17, 15) is 9.90 Å². The zero-order chi connectivity index (χ0) is 21.3. The van der Waals surface area contributed by atoms with E-state index < -0.39 is 17.0 Å². The van der Waals surface area contributed by atoms with Crippen LogP contribution < -0.4 is 0 Å². The SMILES string of the molecule is O=C(O)C1(c2ccccc2)CCC(OCC2CC2)(c2nc(-c3ccccc3)cs2)CC1. The fraction of sp³-hybridized carbons (Fsp3) is 0.385. The van der Waals surface area contributed by atoms with Gasteiger partial charge in [-0.15, -0.1) is 11.3 Å². The molecular formula is C26H27NO3S. The molecule has 2 aliphatic carbocycles. The van der Waals surface area contributed by atoms with E-state index in [1.165, 1.54) is 12.8 Å². The lowest BCUT2D eigenvalue weighted by Gasteiger charge is -2.43. The zero-order valence-corrected chi connectivity index (χ0v) is 18.3. The van der Waals surface area contributed by atoms with E-state index in [1.54, 1.807) is 11.3 Å².